The summed E-state index contributed by atoms with van der Waals surface area (Å²) >= 11 is 0. The fourth-order valence-electron chi connectivity index (χ4n) is 0.806. The Morgan fingerprint density at radius 1 is 1.69 bits per heavy atom. The van der Waals surface area contributed by atoms with Crippen LogP contribution in [0, 0.1) is 11.3 Å². The van der Waals surface area contributed by atoms with Gasteiger partial charge in [0, 0.05) is 12.7 Å². The number of methoxy groups -OCH3 is 1. The van der Waals surface area contributed by atoms with Crippen LogP contribution in [0.1, 0.15) is 10.4 Å². The first-order valence-corrected chi connectivity index (χ1v) is 3.53. The number of nitriles is 1. The minimum atomic E-state index is -1.07. The number of hydrogen-bond acceptors (Lipinski definition) is 5. The van der Waals surface area contributed by atoms with E-state index in [2.05, 4.69) is 14.9 Å². The van der Waals surface area contributed by atoms with Gasteiger partial charge in [-0.3, -0.25) is 4.79 Å². The van der Waals surface area contributed by atoms with Crippen LogP contribution in [-0.4, -0.2) is 29.2 Å². The molecule has 1 aromatic heterocycles. The molecule has 0 amide bonds. The Labute approximate surface area is 75.0 Å². The first kappa shape index (κ1) is 9.29. The molecule has 0 aliphatic rings. The highest BCUT2D eigenvalue weighted by Gasteiger charge is 2.18. The molecule has 0 saturated carbocycles. The average Bonchev–Trinajstić information content (AvgIpc) is 2.21. The maximum atomic E-state index is 11.4. The van der Waals surface area contributed by atoms with Crippen molar-refractivity contribution in [3.05, 3.63) is 24.0 Å². The molecule has 0 radical (unpaired) electrons. The zero-order valence-corrected chi connectivity index (χ0v) is 6.97. The zero-order chi connectivity index (χ0) is 9.68. The SMILES string of the molecule is COC(C#N)C(=O)c1ccnnc1. The molecule has 0 N–H and O–H groups in total. The zero-order valence-electron chi connectivity index (χ0n) is 6.97. The summed E-state index contributed by atoms with van der Waals surface area (Å²) in [5.74, 6) is -0.403. The van der Waals surface area contributed by atoms with Crippen molar-refractivity contribution >= 4 is 5.78 Å². The third kappa shape index (κ3) is 2.07. The van der Waals surface area contributed by atoms with Gasteiger partial charge in [-0.25, -0.2) is 0 Å². The second-order valence-electron chi connectivity index (χ2n) is 2.24. The predicted molar refractivity (Wildman–Crippen MR) is 42.8 cm³/mol. The van der Waals surface area contributed by atoms with E-state index in [1.165, 1.54) is 25.6 Å². The summed E-state index contributed by atoms with van der Waals surface area (Å²) in [5, 5.41) is 15.6. The lowest BCUT2D eigenvalue weighted by atomic mass is 10.1. The number of nitrogens with zero attached hydrogens (tertiary/aromatic N) is 3. The third-order valence-corrected chi connectivity index (χ3v) is 1.46. The van der Waals surface area contributed by atoms with E-state index >= 15 is 0 Å². The van der Waals surface area contributed by atoms with Gasteiger partial charge in [0.05, 0.1) is 12.4 Å². The topological polar surface area (TPSA) is 75.9 Å². The number of rotatable bonds is 3. The number of hydrogen-bond donors (Lipinski definition) is 0. The molecule has 66 valence electrons. The van der Waals surface area contributed by atoms with E-state index in [-0.39, 0.29) is 0 Å². The summed E-state index contributed by atoms with van der Waals surface area (Å²) in [7, 11) is 1.31. The Balaban J connectivity index is 2.86. The van der Waals surface area contributed by atoms with Gasteiger partial charge in [-0.15, -0.1) is 0 Å². The van der Waals surface area contributed by atoms with Crippen LogP contribution in [0.25, 0.3) is 0 Å². The first-order chi connectivity index (χ1) is 6.29. The molecule has 1 aromatic rings. The molecule has 0 fully saturated rings. The van der Waals surface area contributed by atoms with Crippen LogP contribution >= 0.6 is 0 Å². The summed E-state index contributed by atoms with van der Waals surface area (Å²) in [6.45, 7) is 0. The van der Waals surface area contributed by atoms with Crippen molar-refractivity contribution in [3.8, 4) is 6.07 Å². The van der Waals surface area contributed by atoms with Crippen molar-refractivity contribution in [2.75, 3.05) is 7.11 Å². The van der Waals surface area contributed by atoms with Crippen LogP contribution in [0.3, 0.4) is 0 Å². The molecule has 1 atom stereocenters. The van der Waals surface area contributed by atoms with E-state index in [4.69, 9.17) is 5.26 Å². The maximum absolute atomic E-state index is 11.4. The Morgan fingerprint density at radius 3 is 2.92 bits per heavy atom. The Morgan fingerprint density at radius 2 is 2.46 bits per heavy atom. The summed E-state index contributed by atoms with van der Waals surface area (Å²) in [4.78, 5) is 11.4. The van der Waals surface area contributed by atoms with E-state index in [0.717, 1.165) is 0 Å². The number of carbonyl (C=O) groups excluding carboxylic acids is 1. The molecule has 0 spiro atoms. The van der Waals surface area contributed by atoms with Gasteiger partial charge in [-0.05, 0) is 6.07 Å². The largest absolute Gasteiger partial charge is 0.359 e. The van der Waals surface area contributed by atoms with Gasteiger partial charge in [-0.2, -0.15) is 15.5 Å². The van der Waals surface area contributed by atoms with Crippen LogP contribution in [0.5, 0.6) is 0 Å². The number of ether oxygens (including phenoxy) is 1. The molecule has 1 heterocycles. The lowest BCUT2D eigenvalue weighted by Crippen LogP contribution is -2.21. The number of carbonyl (C=O) groups is 1. The van der Waals surface area contributed by atoms with Crippen molar-refractivity contribution in [2.24, 2.45) is 0 Å². The monoisotopic (exact) mass is 177 g/mol. The van der Waals surface area contributed by atoms with Crippen LogP contribution < -0.4 is 0 Å². The van der Waals surface area contributed by atoms with Crippen molar-refractivity contribution in [1.29, 1.82) is 5.26 Å². The van der Waals surface area contributed by atoms with Crippen molar-refractivity contribution < 1.29 is 9.53 Å². The Bertz CT molecular complexity index is 331. The van der Waals surface area contributed by atoms with Gasteiger partial charge in [0.25, 0.3) is 0 Å². The molecule has 0 aliphatic heterocycles. The van der Waals surface area contributed by atoms with E-state index in [9.17, 15) is 4.79 Å². The average molecular weight is 177 g/mol. The number of aromatic nitrogens is 2. The molecule has 0 aliphatic carbocycles. The fourth-order valence-corrected chi connectivity index (χ4v) is 0.806. The van der Waals surface area contributed by atoms with E-state index < -0.39 is 11.9 Å². The smallest absolute Gasteiger partial charge is 0.207 e. The third-order valence-electron chi connectivity index (χ3n) is 1.46. The van der Waals surface area contributed by atoms with E-state index in [1.807, 2.05) is 0 Å². The van der Waals surface area contributed by atoms with Crippen LogP contribution in [0.4, 0.5) is 0 Å². The predicted octanol–water partition coefficient (Wildman–Crippen LogP) is 0.198. The molecule has 13 heavy (non-hydrogen) atoms. The summed E-state index contributed by atoms with van der Waals surface area (Å²) in [6, 6.07) is 3.21. The molecule has 1 rings (SSSR count). The lowest BCUT2D eigenvalue weighted by molar-refractivity contribution is 0.0734. The number of Topliss-reactive ketones (excluding diaryl/α,β-unsaturated/α-hetero) is 1. The number of ketones is 1. The van der Waals surface area contributed by atoms with Crippen molar-refractivity contribution in [2.45, 2.75) is 6.10 Å². The quantitative estimate of drug-likeness (QED) is 0.616. The molecule has 0 saturated heterocycles. The van der Waals surface area contributed by atoms with Crippen LogP contribution in [0.2, 0.25) is 0 Å². The van der Waals surface area contributed by atoms with Gasteiger partial charge in [0.2, 0.25) is 11.9 Å². The first-order valence-electron chi connectivity index (χ1n) is 3.53. The van der Waals surface area contributed by atoms with Crippen molar-refractivity contribution in [3.63, 3.8) is 0 Å². The second-order valence-corrected chi connectivity index (χ2v) is 2.24. The molecule has 0 bridgehead atoms. The minimum absolute atomic E-state index is 0.323. The molecule has 5 heteroatoms. The van der Waals surface area contributed by atoms with Gasteiger partial charge in [0.1, 0.15) is 6.07 Å². The Kier molecular flexibility index (Phi) is 3.06. The van der Waals surface area contributed by atoms with E-state index in [1.54, 1.807) is 6.07 Å². The normalized spacial score (nSPS) is 11.7. The van der Waals surface area contributed by atoms with Gasteiger partial charge in [0.15, 0.2) is 0 Å². The molecule has 5 nitrogen and oxygen atoms in total. The highest BCUT2D eigenvalue weighted by molar-refractivity contribution is 6.00. The lowest BCUT2D eigenvalue weighted by Gasteiger charge is -2.03. The van der Waals surface area contributed by atoms with E-state index in [0.29, 0.717) is 5.56 Å². The summed E-state index contributed by atoms with van der Waals surface area (Å²) < 4.78 is 4.66. The summed E-state index contributed by atoms with van der Waals surface area (Å²) in [6.07, 6.45) is 1.62. The van der Waals surface area contributed by atoms with Gasteiger partial charge in [-0.1, -0.05) is 0 Å². The summed E-state index contributed by atoms with van der Waals surface area (Å²) in [5.41, 5.74) is 0.323. The second kappa shape index (κ2) is 4.28. The highest BCUT2D eigenvalue weighted by Crippen LogP contribution is 2.02. The molecular formula is C8H7N3O2. The minimum Gasteiger partial charge on any atom is -0.359 e. The van der Waals surface area contributed by atoms with Gasteiger partial charge < -0.3 is 4.74 Å². The molecular weight excluding hydrogens is 170 g/mol. The standard InChI is InChI=1S/C8H7N3O2/c1-13-7(4-9)8(12)6-2-3-10-11-5-6/h2-3,5,7H,1H3. The molecule has 1 unspecified atom stereocenters. The Hall–Kier alpha value is -1.80. The van der Waals surface area contributed by atoms with Crippen molar-refractivity contribution in [1.82, 2.24) is 10.2 Å². The fraction of sp³-hybridized carbons (Fsp3) is 0.250. The van der Waals surface area contributed by atoms with Gasteiger partial charge >= 0.3 is 0 Å². The highest BCUT2D eigenvalue weighted by atomic mass is 16.5. The maximum Gasteiger partial charge on any atom is 0.207 e. The van der Waals surface area contributed by atoms with Crippen LogP contribution in [0.15, 0.2) is 18.5 Å². The molecule has 0 aromatic carbocycles. The van der Waals surface area contributed by atoms with Crippen LogP contribution in [-0.2, 0) is 4.74 Å².